The summed E-state index contributed by atoms with van der Waals surface area (Å²) in [5, 5.41) is 3.22. The predicted octanol–water partition coefficient (Wildman–Crippen LogP) is 3.54. The van der Waals surface area contributed by atoms with Crippen LogP contribution in [0.15, 0.2) is 48.2 Å². The molecule has 0 unspecified atom stereocenters. The molecule has 0 fully saturated rings. The van der Waals surface area contributed by atoms with Crippen LogP contribution >= 0.6 is 0 Å². The highest BCUT2D eigenvalue weighted by molar-refractivity contribution is 6.37. The second kappa shape index (κ2) is 8.92. The Morgan fingerprint density at radius 1 is 1.00 bits per heavy atom. The van der Waals surface area contributed by atoms with E-state index in [1.165, 1.54) is 4.90 Å². The normalized spacial score (nSPS) is 14.0. The first-order valence-corrected chi connectivity index (χ1v) is 9.55. The van der Waals surface area contributed by atoms with E-state index in [0.29, 0.717) is 36.5 Å². The molecular weight excluding hydrogens is 368 g/mol. The molecule has 0 aliphatic carbocycles. The van der Waals surface area contributed by atoms with E-state index in [9.17, 15) is 9.59 Å². The Balaban J connectivity index is 2.07. The number of aryl methyl sites for hydroxylation is 2. The van der Waals surface area contributed by atoms with E-state index in [1.807, 2.05) is 44.2 Å². The summed E-state index contributed by atoms with van der Waals surface area (Å²) < 4.78 is 10.5. The monoisotopic (exact) mass is 394 g/mol. The molecule has 152 valence electrons. The van der Waals surface area contributed by atoms with Crippen molar-refractivity contribution in [3.63, 3.8) is 0 Å². The Morgan fingerprint density at radius 2 is 1.76 bits per heavy atom. The van der Waals surface area contributed by atoms with Gasteiger partial charge in [0.1, 0.15) is 11.4 Å². The summed E-state index contributed by atoms with van der Waals surface area (Å²) in [6, 6.07) is 13.1. The van der Waals surface area contributed by atoms with Gasteiger partial charge in [0, 0.05) is 31.5 Å². The smallest absolute Gasteiger partial charge is 0.278 e. The summed E-state index contributed by atoms with van der Waals surface area (Å²) in [6.07, 6.45) is 0.573. The number of hydrogen-bond acceptors (Lipinski definition) is 5. The van der Waals surface area contributed by atoms with Gasteiger partial charge in [-0.05, 0) is 38.0 Å². The van der Waals surface area contributed by atoms with Gasteiger partial charge in [-0.1, -0.05) is 35.9 Å². The number of imide groups is 1. The summed E-state index contributed by atoms with van der Waals surface area (Å²) >= 11 is 0. The largest absolute Gasteiger partial charge is 0.496 e. The number of carbonyl (C=O) groups excluding carboxylic acids is 2. The first-order valence-electron chi connectivity index (χ1n) is 9.55. The molecule has 0 radical (unpaired) electrons. The first-order chi connectivity index (χ1) is 14.0. The molecule has 1 aliphatic heterocycles. The van der Waals surface area contributed by atoms with E-state index in [1.54, 1.807) is 26.4 Å². The lowest BCUT2D eigenvalue weighted by molar-refractivity contribution is -0.137. The van der Waals surface area contributed by atoms with Crippen LogP contribution in [0.3, 0.4) is 0 Å². The zero-order valence-electron chi connectivity index (χ0n) is 17.2. The van der Waals surface area contributed by atoms with Gasteiger partial charge in [-0.25, -0.2) is 0 Å². The van der Waals surface area contributed by atoms with Gasteiger partial charge in [0.05, 0.1) is 12.7 Å². The second-order valence-electron chi connectivity index (χ2n) is 7.00. The molecular formula is C23H26N2O4. The molecule has 0 spiro atoms. The summed E-state index contributed by atoms with van der Waals surface area (Å²) in [5.41, 5.74) is 4.10. The molecule has 0 aromatic heterocycles. The van der Waals surface area contributed by atoms with Gasteiger partial charge in [-0.2, -0.15) is 0 Å². The Hall–Kier alpha value is -3.12. The molecule has 6 heteroatoms. The van der Waals surface area contributed by atoms with Crippen LogP contribution in [0.25, 0.3) is 5.57 Å². The zero-order chi connectivity index (χ0) is 21.0. The maximum atomic E-state index is 13.2. The maximum absolute atomic E-state index is 13.2. The average molecular weight is 394 g/mol. The van der Waals surface area contributed by atoms with Gasteiger partial charge >= 0.3 is 0 Å². The van der Waals surface area contributed by atoms with Crippen molar-refractivity contribution in [2.45, 2.75) is 20.3 Å². The van der Waals surface area contributed by atoms with Crippen molar-refractivity contribution < 1.29 is 19.1 Å². The fourth-order valence-corrected chi connectivity index (χ4v) is 3.45. The lowest BCUT2D eigenvalue weighted by Crippen LogP contribution is -2.34. The topological polar surface area (TPSA) is 67.9 Å². The van der Waals surface area contributed by atoms with Crippen molar-refractivity contribution >= 4 is 23.1 Å². The van der Waals surface area contributed by atoms with Gasteiger partial charge in [-0.3, -0.25) is 14.5 Å². The summed E-state index contributed by atoms with van der Waals surface area (Å²) in [7, 11) is 3.15. The molecule has 0 saturated heterocycles. The molecule has 2 aromatic carbocycles. The molecule has 2 amide bonds. The summed E-state index contributed by atoms with van der Waals surface area (Å²) in [4.78, 5) is 27.7. The standard InChI is InChI=1S/C23H26N2O4/c1-15-10-11-18(16(2)14-15)24-21-20(17-8-5-6-9-19(17)29-4)22(26)25(23(21)27)12-7-13-28-3/h5-6,8-11,14,24H,7,12-13H2,1-4H3. The number of para-hydroxylation sites is 1. The van der Waals surface area contributed by atoms with Crippen molar-refractivity contribution in [3.05, 3.63) is 64.9 Å². The van der Waals surface area contributed by atoms with E-state index < -0.39 is 0 Å². The zero-order valence-corrected chi connectivity index (χ0v) is 17.2. The van der Waals surface area contributed by atoms with Crippen LogP contribution < -0.4 is 10.1 Å². The predicted molar refractivity (Wildman–Crippen MR) is 113 cm³/mol. The first kappa shape index (κ1) is 20.6. The number of amides is 2. The van der Waals surface area contributed by atoms with E-state index in [0.717, 1.165) is 16.8 Å². The van der Waals surface area contributed by atoms with Crippen molar-refractivity contribution in [1.29, 1.82) is 0 Å². The number of hydrogen-bond donors (Lipinski definition) is 1. The number of methoxy groups -OCH3 is 2. The third kappa shape index (κ3) is 4.17. The summed E-state index contributed by atoms with van der Waals surface area (Å²) in [6.45, 7) is 4.75. The molecule has 1 aliphatic rings. The van der Waals surface area contributed by atoms with Crippen LogP contribution in [0.5, 0.6) is 5.75 Å². The summed E-state index contributed by atoms with van der Waals surface area (Å²) in [5.74, 6) is -0.128. The lowest BCUT2D eigenvalue weighted by atomic mass is 10.0. The maximum Gasteiger partial charge on any atom is 0.278 e. The minimum absolute atomic E-state index is 0.267. The number of ether oxygens (including phenoxy) is 2. The lowest BCUT2D eigenvalue weighted by Gasteiger charge is -2.15. The van der Waals surface area contributed by atoms with E-state index in [-0.39, 0.29) is 17.5 Å². The number of benzene rings is 2. The molecule has 6 nitrogen and oxygen atoms in total. The fourth-order valence-electron chi connectivity index (χ4n) is 3.45. The highest BCUT2D eigenvalue weighted by Gasteiger charge is 2.40. The third-order valence-electron chi connectivity index (χ3n) is 4.92. The van der Waals surface area contributed by atoms with Crippen LogP contribution in [-0.4, -0.2) is 44.1 Å². The van der Waals surface area contributed by atoms with Crippen LogP contribution in [0.4, 0.5) is 5.69 Å². The van der Waals surface area contributed by atoms with E-state index >= 15 is 0 Å². The highest BCUT2D eigenvalue weighted by atomic mass is 16.5. The van der Waals surface area contributed by atoms with Crippen LogP contribution in [0.2, 0.25) is 0 Å². The highest BCUT2D eigenvalue weighted by Crippen LogP contribution is 2.35. The van der Waals surface area contributed by atoms with Crippen LogP contribution in [0, 0.1) is 13.8 Å². The van der Waals surface area contributed by atoms with Crippen molar-refractivity contribution in [2.24, 2.45) is 0 Å². The number of nitrogens with one attached hydrogen (secondary N) is 1. The fraction of sp³-hybridized carbons (Fsp3) is 0.304. The van der Waals surface area contributed by atoms with E-state index in [2.05, 4.69) is 5.32 Å². The molecule has 3 rings (SSSR count). The number of rotatable bonds is 8. The Kier molecular flexibility index (Phi) is 6.34. The minimum Gasteiger partial charge on any atom is -0.496 e. The van der Waals surface area contributed by atoms with Gasteiger partial charge in [0.2, 0.25) is 0 Å². The molecule has 0 bridgehead atoms. The van der Waals surface area contributed by atoms with Crippen molar-refractivity contribution in [3.8, 4) is 5.75 Å². The van der Waals surface area contributed by atoms with Crippen molar-refractivity contribution in [1.82, 2.24) is 4.90 Å². The number of carbonyl (C=O) groups is 2. The molecule has 0 saturated carbocycles. The quantitative estimate of drug-likeness (QED) is 0.548. The molecule has 2 aromatic rings. The second-order valence-corrected chi connectivity index (χ2v) is 7.00. The molecule has 29 heavy (non-hydrogen) atoms. The number of anilines is 1. The Bertz CT molecular complexity index is 965. The Labute approximate surface area is 171 Å². The van der Waals surface area contributed by atoms with Crippen LogP contribution in [-0.2, 0) is 14.3 Å². The average Bonchev–Trinajstić information content (AvgIpc) is 2.94. The van der Waals surface area contributed by atoms with Crippen LogP contribution in [0.1, 0.15) is 23.1 Å². The van der Waals surface area contributed by atoms with Gasteiger partial charge in [0.25, 0.3) is 11.8 Å². The minimum atomic E-state index is -0.341. The van der Waals surface area contributed by atoms with E-state index in [4.69, 9.17) is 9.47 Å². The Morgan fingerprint density at radius 3 is 2.45 bits per heavy atom. The SMILES string of the molecule is COCCCN1C(=O)C(Nc2ccc(C)cc2C)=C(c2ccccc2OC)C1=O. The number of nitrogens with zero attached hydrogens (tertiary/aromatic N) is 1. The van der Waals surface area contributed by atoms with Gasteiger partial charge in [-0.15, -0.1) is 0 Å². The van der Waals surface area contributed by atoms with Crippen molar-refractivity contribution in [2.75, 3.05) is 32.7 Å². The molecule has 0 atom stereocenters. The molecule has 1 heterocycles. The van der Waals surface area contributed by atoms with Gasteiger partial charge < -0.3 is 14.8 Å². The van der Waals surface area contributed by atoms with Gasteiger partial charge in [0.15, 0.2) is 0 Å². The third-order valence-corrected chi connectivity index (χ3v) is 4.92. The molecule has 1 N–H and O–H groups in total.